The van der Waals surface area contributed by atoms with Crippen molar-refractivity contribution in [3.05, 3.63) is 83.6 Å². The lowest BCUT2D eigenvalue weighted by Gasteiger charge is -2.04. The first-order valence-electron chi connectivity index (χ1n) is 7.51. The third kappa shape index (κ3) is 4.66. The maximum atomic E-state index is 13.5. The molecule has 126 valence electrons. The van der Waals surface area contributed by atoms with E-state index in [1.807, 2.05) is 18.2 Å². The van der Waals surface area contributed by atoms with Gasteiger partial charge in [0.05, 0.1) is 6.54 Å². The highest BCUT2D eigenvalue weighted by Crippen LogP contribution is 2.22. The fourth-order valence-corrected chi connectivity index (χ4v) is 2.38. The second-order valence-corrected chi connectivity index (χ2v) is 5.29. The Morgan fingerprint density at radius 2 is 1.62 bits per heavy atom. The summed E-state index contributed by atoms with van der Waals surface area (Å²) in [5.74, 6) is 1.05. The lowest BCUT2D eigenvalue weighted by atomic mass is 10.1. The minimum absolute atomic E-state index is 0. The van der Waals surface area contributed by atoms with Gasteiger partial charge in [0.1, 0.15) is 23.2 Å². The van der Waals surface area contributed by atoms with Crippen LogP contribution in [0.25, 0.3) is 11.3 Å². The minimum Gasteiger partial charge on any atom is -0.460 e. The van der Waals surface area contributed by atoms with Gasteiger partial charge in [-0.2, -0.15) is 0 Å². The first kappa shape index (κ1) is 18.2. The van der Waals surface area contributed by atoms with Crippen molar-refractivity contribution in [2.45, 2.75) is 13.0 Å². The molecule has 0 atom stereocenters. The number of rotatable bonds is 6. The van der Waals surface area contributed by atoms with Crippen LogP contribution in [-0.4, -0.2) is 6.54 Å². The van der Waals surface area contributed by atoms with Crippen LogP contribution in [0.4, 0.5) is 8.78 Å². The number of hydrogen-bond acceptors (Lipinski definition) is 2. The predicted molar refractivity (Wildman–Crippen MR) is 93.2 cm³/mol. The molecular formula is C19H18ClF2NO. The molecule has 0 amide bonds. The molecule has 2 aromatic carbocycles. The van der Waals surface area contributed by atoms with Crippen molar-refractivity contribution in [1.82, 2.24) is 5.32 Å². The van der Waals surface area contributed by atoms with Crippen molar-refractivity contribution >= 4 is 12.4 Å². The number of benzene rings is 2. The Balaban J connectivity index is 0.00000208. The molecule has 0 bridgehead atoms. The molecule has 0 radical (unpaired) electrons. The molecule has 1 heterocycles. The third-order valence-corrected chi connectivity index (χ3v) is 3.62. The summed E-state index contributed by atoms with van der Waals surface area (Å²) >= 11 is 0. The lowest BCUT2D eigenvalue weighted by Crippen LogP contribution is -2.16. The van der Waals surface area contributed by atoms with E-state index in [2.05, 4.69) is 5.32 Å². The number of furan rings is 1. The van der Waals surface area contributed by atoms with Gasteiger partial charge in [-0.3, -0.25) is 0 Å². The molecule has 0 aliphatic rings. The maximum Gasteiger partial charge on any atom is 0.134 e. The summed E-state index contributed by atoms with van der Waals surface area (Å²) in [6, 6.07) is 16.7. The molecule has 5 heteroatoms. The van der Waals surface area contributed by atoms with Gasteiger partial charge in [-0.15, -0.1) is 12.4 Å². The van der Waals surface area contributed by atoms with Gasteiger partial charge in [0.15, 0.2) is 0 Å². The Labute approximate surface area is 145 Å². The van der Waals surface area contributed by atoms with Crippen LogP contribution in [0.5, 0.6) is 0 Å². The van der Waals surface area contributed by atoms with Crippen LogP contribution in [0.3, 0.4) is 0 Å². The number of halogens is 3. The summed E-state index contributed by atoms with van der Waals surface area (Å²) in [7, 11) is 0. The first-order chi connectivity index (χ1) is 11.2. The third-order valence-electron chi connectivity index (χ3n) is 3.62. The van der Waals surface area contributed by atoms with Crippen molar-refractivity contribution in [2.24, 2.45) is 0 Å². The molecular weight excluding hydrogens is 332 g/mol. The Hall–Kier alpha value is -2.17. The van der Waals surface area contributed by atoms with Crippen LogP contribution >= 0.6 is 12.4 Å². The van der Waals surface area contributed by atoms with Gasteiger partial charge in [-0.25, -0.2) is 8.78 Å². The molecule has 0 fully saturated rings. The van der Waals surface area contributed by atoms with Crippen LogP contribution in [-0.2, 0) is 13.0 Å². The molecule has 3 rings (SSSR count). The SMILES string of the molecule is Cl.Fc1ccc(-c2ccc(CNCCc3ccccc3F)o2)cc1. The largest absolute Gasteiger partial charge is 0.460 e. The van der Waals surface area contributed by atoms with E-state index in [0.29, 0.717) is 30.8 Å². The van der Waals surface area contributed by atoms with Crippen LogP contribution in [0, 0.1) is 11.6 Å². The molecule has 0 spiro atoms. The quantitative estimate of drug-likeness (QED) is 0.635. The fourth-order valence-electron chi connectivity index (χ4n) is 2.38. The molecule has 24 heavy (non-hydrogen) atoms. The summed E-state index contributed by atoms with van der Waals surface area (Å²) < 4.78 is 32.1. The topological polar surface area (TPSA) is 25.2 Å². The summed E-state index contributed by atoms with van der Waals surface area (Å²) in [5.41, 5.74) is 1.54. The zero-order valence-electron chi connectivity index (χ0n) is 13.0. The molecule has 0 unspecified atom stereocenters. The van der Waals surface area contributed by atoms with E-state index in [1.54, 1.807) is 24.3 Å². The molecule has 0 saturated carbocycles. The van der Waals surface area contributed by atoms with Crippen molar-refractivity contribution in [3.8, 4) is 11.3 Å². The monoisotopic (exact) mass is 349 g/mol. The van der Waals surface area contributed by atoms with E-state index in [1.165, 1.54) is 18.2 Å². The van der Waals surface area contributed by atoms with Gasteiger partial charge in [0.2, 0.25) is 0 Å². The number of hydrogen-bond donors (Lipinski definition) is 1. The van der Waals surface area contributed by atoms with Crippen molar-refractivity contribution in [1.29, 1.82) is 0 Å². The Bertz CT molecular complexity index is 771. The zero-order valence-corrected chi connectivity index (χ0v) is 13.8. The molecule has 3 aromatic rings. The van der Waals surface area contributed by atoms with Gasteiger partial charge in [-0.05, 0) is 61.0 Å². The van der Waals surface area contributed by atoms with E-state index in [-0.39, 0.29) is 24.0 Å². The summed E-state index contributed by atoms with van der Waals surface area (Å²) in [5, 5.41) is 3.23. The molecule has 0 aliphatic heterocycles. The van der Waals surface area contributed by atoms with Crippen LogP contribution < -0.4 is 5.32 Å². The summed E-state index contributed by atoms with van der Waals surface area (Å²) in [6.45, 7) is 1.23. The van der Waals surface area contributed by atoms with Gasteiger partial charge in [0.25, 0.3) is 0 Å². The molecule has 0 saturated heterocycles. The van der Waals surface area contributed by atoms with Crippen molar-refractivity contribution < 1.29 is 13.2 Å². The lowest BCUT2D eigenvalue weighted by molar-refractivity contribution is 0.493. The molecule has 2 nitrogen and oxygen atoms in total. The highest BCUT2D eigenvalue weighted by molar-refractivity contribution is 5.85. The smallest absolute Gasteiger partial charge is 0.134 e. The minimum atomic E-state index is -0.268. The molecule has 1 aromatic heterocycles. The van der Waals surface area contributed by atoms with Crippen LogP contribution in [0.1, 0.15) is 11.3 Å². The summed E-state index contributed by atoms with van der Waals surface area (Å²) in [4.78, 5) is 0. The van der Waals surface area contributed by atoms with E-state index >= 15 is 0 Å². The van der Waals surface area contributed by atoms with Crippen LogP contribution in [0.2, 0.25) is 0 Å². The second kappa shape index (κ2) is 8.62. The molecule has 1 N–H and O–H groups in total. The Morgan fingerprint density at radius 1 is 0.875 bits per heavy atom. The zero-order chi connectivity index (χ0) is 16.1. The van der Waals surface area contributed by atoms with Crippen molar-refractivity contribution in [3.63, 3.8) is 0 Å². The van der Waals surface area contributed by atoms with E-state index < -0.39 is 0 Å². The maximum absolute atomic E-state index is 13.5. The normalized spacial score (nSPS) is 10.4. The number of nitrogens with one attached hydrogen (secondary N) is 1. The summed E-state index contributed by atoms with van der Waals surface area (Å²) in [6.07, 6.45) is 0.623. The van der Waals surface area contributed by atoms with Gasteiger partial charge >= 0.3 is 0 Å². The Morgan fingerprint density at radius 3 is 2.38 bits per heavy atom. The van der Waals surface area contributed by atoms with E-state index in [0.717, 1.165) is 11.3 Å². The highest BCUT2D eigenvalue weighted by atomic mass is 35.5. The van der Waals surface area contributed by atoms with E-state index in [4.69, 9.17) is 4.42 Å². The Kier molecular flexibility index (Phi) is 6.53. The fraction of sp³-hybridized carbons (Fsp3) is 0.158. The van der Waals surface area contributed by atoms with Gasteiger partial charge in [-0.1, -0.05) is 18.2 Å². The van der Waals surface area contributed by atoms with Gasteiger partial charge < -0.3 is 9.73 Å². The average molecular weight is 350 g/mol. The second-order valence-electron chi connectivity index (χ2n) is 5.29. The van der Waals surface area contributed by atoms with E-state index in [9.17, 15) is 8.78 Å². The van der Waals surface area contributed by atoms with Crippen molar-refractivity contribution in [2.75, 3.05) is 6.54 Å². The predicted octanol–water partition coefficient (Wildman–Crippen LogP) is 4.98. The van der Waals surface area contributed by atoms with Crippen LogP contribution in [0.15, 0.2) is 65.1 Å². The average Bonchev–Trinajstić information content (AvgIpc) is 3.03. The highest BCUT2D eigenvalue weighted by Gasteiger charge is 2.05. The molecule has 0 aliphatic carbocycles. The standard InChI is InChI=1S/C19H17F2NO.ClH/c20-16-7-5-15(6-8-16)19-10-9-17(23-19)13-22-12-11-14-3-1-2-4-18(14)21;/h1-10,22H,11-13H2;1H. The van der Waals surface area contributed by atoms with Gasteiger partial charge in [0, 0.05) is 5.56 Å². The first-order valence-corrected chi connectivity index (χ1v) is 7.51.